The highest BCUT2D eigenvalue weighted by Gasteiger charge is 2.20. The number of nitrogens with zero attached hydrogens (tertiary/aromatic N) is 2. The van der Waals surface area contributed by atoms with Crippen LogP contribution in [0.5, 0.6) is 0 Å². The molecule has 1 aromatic carbocycles. The van der Waals surface area contributed by atoms with Crippen molar-refractivity contribution in [1.82, 2.24) is 14.9 Å². The molecule has 0 bridgehead atoms. The standard InChI is InChI=1S/C20H23N3/c1-14-3-4-19-17(11-14)18-13-23(10-7-20(18)22-19)9-6-16-5-8-21-12-15(16)2/h3-5,8,11-12,22H,6-7,9-10,13H2,1-2H3. The van der Waals surface area contributed by atoms with Crippen LogP contribution in [-0.2, 0) is 19.4 Å². The largest absolute Gasteiger partial charge is 0.358 e. The maximum atomic E-state index is 4.19. The molecule has 1 N–H and O–H groups in total. The fourth-order valence-corrected chi connectivity index (χ4v) is 3.64. The summed E-state index contributed by atoms with van der Waals surface area (Å²) in [4.78, 5) is 10.4. The Kier molecular flexibility index (Phi) is 3.66. The molecule has 0 saturated carbocycles. The summed E-state index contributed by atoms with van der Waals surface area (Å²) in [5.41, 5.74) is 8.27. The normalized spacial score (nSPS) is 15.0. The van der Waals surface area contributed by atoms with Crippen LogP contribution in [0.25, 0.3) is 10.9 Å². The summed E-state index contributed by atoms with van der Waals surface area (Å²) in [6.45, 7) is 7.64. The highest BCUT2D eigenvalue weighted by Crippen LogP contribution is 2.28. The minimum Gasteiger partial charge on any atom is -0.358 e. The first-order valence-corrected chi connectivity index (χ1v) is 8.42. The molecule has 3 heterocycles. The fourth-order valence-electron chi connectivity index (χ4n) is 3.64. The van der Waals surface area contributed by atoms with Crippen LogP contribution in [0, 0.1) is 13.8 Å². The Morgan fingerprint density at radius 3 is 3.00 bits per heavy atom. The number of nitrogens with one attached hydrogen (secondary N) is 1. The number of hydrogen-bond acceptors (Lipinski definition) is 2. The lowest BCUT2D eigenvalue weighted by molar-refractivity contribution is 0.257. The van der Waals surface area contributed by atoms with Crippen molar-refractivity contribution in [2.24, 2.45) is 0 Å². The van der Waals surface area contributed by atoms with Crippen molar-refractivity contribution in [1.29, 1.82) is 0 Å². The molecule has 0 unspecified atom stereocenters. The Balaban J connectivity index is 1.53. The summed E-state index contributed by atoms with van der Waals surface area (Å²) in [7, 11) is 0. The van der Waals surface area contributed by atoms with E-state index in [-0.39, 0.29) is 0 Å². The van der Waals surface area contributed by atoms with Crippen molar-refractivity contribution in [3.05, 3.63) is 64.6 Å². The van der Waals surface area contributed by atoms with Crippen molar-refractivity contribution in [3.8, 4) is 0 Å². The summed E-state index contributed by atoms with van der Waals surface area (Å²) >= 11 is 0. The van der Waals surface area contributed by atoms with Gasteiger partial charge in [0.25, 0.3) is 0 Å². The van der Waals surface area contributed by atoms with Crippen molar-refractivity contribution in [2.75, 3.05) is 13.1 Å². The van der Waals surface area contributed by atoms with Gasteiger partial charge in [0.05, 0.1) is 0 Å². The summed E-state index contributed by atoms with van der Waals surface area (Å²) in [6, 6.07) is 8.88. The Bertz CT molecular complexity index is 847. The van der Waals surface area contributed by atoms with Gasteiger partial charge in [-0.2, -0.15) is 0 Å². The smallest absolute Gasteiger partial charge is 0.0459 e. The quantitative estimate of drug-likeness (QED) is 0.798. The molecule has 3 nitrogen and oxygen atoms in total. The minimum atomic E-state index is 1.06. The number of rotatable bonds is 3. The summed E-state index contributed by atoms with van der Waals surface area (Å²) in [5.74, 6) is 0. The number of pyridine rings is 1. The van der Waals surface area contributed by atoms with Crippen LogP contribution < -0.4 is 0 Å². The second kappa shape index (κ2) is 5.82. The molecular formula is C20H23N3. The van der Waals surface area contributed by atoms with Crippen LogP contribution in [0.4, 0.5) is 0 Å². The first-order valence-electron chi connectivity index (χ1n) is 8.42. The molecule has 0 atom stereocenters. The molecule has 1 aliphatic rings. The second-order valence-electron chi connectivity index (χ2n) is 6.71. The van der Waals surface area contributed by atoms with E-state index in [0.29, 0.717) is 0 Å². The van der Waals surface area contributed by atoms with E-state index in [1.54, 1.807) is 0 Å². The van der Waals surface area contributed by atoms with E-state index in [1.807, 2.05) is 12.4 Å². The molecule has 3 aromatic rings. The zero-order chi connectivity index (χ0) is 15.8. The molecule has 0 amide bonds. The van der Waals surface area contributed by atoms with E-state index in [2.05, 4.69) is 53.0 Å². The number of aryl methyl sites for hydroxylation is 2. The van der Waals surface area contributed by atoms with Gasteiger partial charge in [-0.1, -0.05) is 11.6 Å². The molecule has 3 heteroatoms. The lowest BCUT2D eigenvalue weighted by Gasteiger charge is -2.27. The van der Waals surface area contributed by atoms with E-state index in [4.69, 9.17) is 0 Å². The molecule has 0 radical (unpaired) electrons. The molecular weight excluding hydrogens is 282 g/mol. The van der Waals surface area contributed by atoms with Gasteiger partial charge in [0.1, 0.15) is 0 Å². The lowest BCUT2D eigenvalue weighted by atomic mass is 10.0. The minimum absolute atomic E-state index is 1.06. The number of aromatic nitrogens is 2. The predicted octanol–water partition coefficient (Wildman–Crippen LogP) is 3.78. The molecule has 0 spiro atoms. The molecule has 2 aromatic heterocycles. The van der Waals surface area contributed by atoms with Crippen LogP contribution in [-0.4, -0.2) is 28.0 Å². The summed E-state index contributed by atoms with van der Waals surface area (Å²) < 4.78 is 0. The molecule has 1 aliphatic heterocycles. The van der Waals surface area contributed by atoms with Gasteiger partial charge in [-0.05, 0) is 55.2 Å². The van der Waals surface area contributed by atoms with Gasteiger partial charge in [0.15, 0.2) is 0 Å². The zero-order valence-electron chi connectivity index (χ0n) is 13.9. The Morgan fingerprint density at radius 2 is 2.13 bits per heavy atom. The summed E-state index contributed by atoms with van der Waals surface area (Å²) in [6.07, 6.45) is 6.09. The van der Waals surface area contributed by atoms with Crippen molar-refractivity contribution in [2.45, 2.75) is 33.2 Å². The Labute approximate surface area is 137 Å². The van der Waals surface area contributed by atoms with Crippen LogP contribution in [0.2, 0.25) is 0 Å². The SMILES string of the molecule is Cc1ccc2[nH]c3c(c2c1)CN(CCc1ccncc1C)CC3. The number of aromatic amines is 1. The van der Waals surface area contributed by atoms with Gasteiger partial charge in [-0.3, -0.25) is 9.88 Å². The van der Waals surface area contributed by atoms with Crippen molar-refractivity contribution in [3.63, 3.8) is 0 Å². The van der Waals surface area contributed by atoms with Crippen molar-refractivity contribution >= 4 is 10.9 Å². The van der Waals surface area contributed by atoms with E-state index in [0.717, 1.165) is 32.5 Å². The van der Waals surface area contributed by atoms with Gasteiger partial charge in [0, 0.05) is 55.0 Å². The van der Waals surface area contributed by atoms with Gasteiger partial charge in [-0.25, -0.2) is 0 Å². The second-order valence-corrected chi connectivity index (χ2v) is 6.71. The first-order chi connectivity index (χ1) is 11.2. The Hall–Kier alpha value is -2.13. The van der Waals surface area contributed by atoms with E-state index in [1.165, 1.54) is 38.9 Å². The fraction of sp³-hybridized carbons (Fsp3) is 0.350. The third kappa shape index (κ3) is 2.77. The molecule has 0 fully saturated rings. The predicted molar refractivity (Wildman–Crippen MR) is 94.7 cm³/mol. The maximum Gasteiger partial charge on any atom is 0.0459 e. The van der Waals surface area contributed by atoms with Crippen molar-refractivity contribution < 1.29 is 0 Å². The van der Waals surface area contributed by atoms with Gasteiger partial charge >= 0.3 is 0 Å². The highest BCUT2D eigenvalue weighted by molar-refractivity contribution is 5.85. The van der Waals surface area contributed by atoms with Crippen LogP contribution >= 0.6 is 0 Å². The number of benzene rings is 1. The van der Waals surface area contributed by atoms with Crippen LogP contribution in [0.1, 0.15) is 27.9 Å². The third-order valence-corrected chi connectivity index (χ3v) is 5.04. The average molecular weight is 305 g/mol. The van der Waals surface area contributed by atoms with Crippen LogP contribution in [0.15, 0.2) is 36.7 Å². The molecule has 0 aliphatic carbocycles. The average Bonchev–Trinajstić information content (AvgIpc) is 2.91. The van der Waals surface area contributed by atoms with Gasteiger partial charge in [-0.15, -0.1) is 0 Å². The first kappa shape index (κ1) is 14.5. The molecule has 118 valence electrons. The van der Waals surface area contributed by atoms with Gasteiger partial charge in [0.2, 0.25) is 0 Å². The zero-order valence-corrected chi connectivity index (χ0v) is 13.9. The van der Waals surface area contributed by atoms with Gasteiger partial charge < -0.3 is 4.98 Å². The number of hydrogen-bond donors (Lipinski definition) is 1. The molecule has 4 rings (SSSR count). The number of fused-ring (bicyclic) bond motifs is 3. The molecule has 0 saturated heterocycles. The van der Waals surface area contributed by atoms with E-state index >= 15 is 0 Å². The summed E-state index contributed by atoms with van der Waals surface area (Å²) in [5, 5.41) is 1.41. The topological polar surface area (TPSA) is 31.9 Å². The lowest BCUT2D eigenvalue weighted by Crippen LogP contribution is -2.32. The maximum absolute atomic E-state index is 4.19. The monoisotopic (exact) mass is 305 g/mol. The molecule has 23 heavy (non-hydrogen) atoms. The van der Waals surface area contributed by atoms with Crippen LogP contribution in [0.3, 0.4) is 0 Å². The van der Waals surface area contributed by atoms with E-state index in [9.17, 15) is 0 Å². The third-order valence-electron chi connectivity index (χ3n) is 5.04. The number of H-pyrrole nitrogens is 1. The Morgan fingerprint density at radius 1 is 1.22 bits per heavy atom. The van der Waals surface area contributed by atoms with E-state index < -0.39 is 0 Å². The highest BCUT2D eigenvalue weighted by atomic mass is 15.1.